The van der Waals surface area contributed by atoms with Gasteiger partial charge in [-0.1, -0.05) is 13.0 Å². The molecule has 0 spiro atoms. The molecule has 0 amide bonds. The molecule has 0 aromatic rings. The summed E-state index contributed by atoms with van der Waals surface area (Å²) in [6.07, 6.45) is -3.52. The fourth-order valence-corrected chi connectivity index (χ4v) is 5.05. The van der Waals surface area contributed by atoms with E-state index in [1.165, 1.54) is 0 Å². The number of alkyl halides is 3. The lowest BCUT2D eigenvalue weighted by atomic mass is 9.87. The smallest absolute Gasteiger partial charge is 0.223 e. The third kappa shape index (κ3) is 1.28. The van der Waals surface area contributed by atoms with E-state index < -0.39 is 26.7 Å². The first-order valence-corrected chi connectivity index (χ1v) is 6.73. The fraction of sp³-hybridized carbons (Fsp3) is 0.800. The summed E-state index contributed by atoms with van der Waals surface area (Å²) in [5, 5.41) is 0.473. The van der Waals surface area contributed by atoms with Gasteiger partial charge in [-0.2, -0.15) is 13.2 Å². The van der Waals surface area contributed by atoms with Crippen molar-refractivity contribution in [3.63, 3.8) is 0 Å². The molecule has 2 bridgehead atoms. The molecule has 16 heavy (non-hydrogen) atoms. The molecule has 0 aromatic heterocycles. The first kappa shape index (κ1) is 12.0. The molecule has 0 saturated heterocycles. The molecule has 2 rings (SSSR count). The van der Waals surface area contributed by atoms with Crippen molar-refractivity contribution < 1.29 is 21.6 Å². The molecule has 92 valence electrons. The van der Waals surface area contributed by atoms with Gasteiger partial charge >= 0.3 is 6.18 Å². The SMILES string of the molecule is C=CS(=O)(=O)C1(C(F)(F)F)CC2CCC1C2. The number of halogens is 3. The van der Waals surface area contributed by atoms with E-state index in [0.717, 1.165) is 6.42 Å². The minimum absolute atomic E-state index is 0.0960. The van der Waals surface area contributed by atoms with Crippen molar-refractivity contribution in [2.75, 3.05) is 0 Å². The van der Waals surface area contributed by atoms with Crippen LogP contribution in [-0.4, -0.2) is 19.3 Å². The number of hydrogen-bond acceptors (Lipinski definition) is 2. The summed E-state index contributed by atoms with van der Waals surface area (Å²) in [5.74, 6) is -0.873. The van der Waals surface area contributed by atoms with Crippen molar-refractivity contribution in [1.82, 2.24) is 0 Å². The van der Waals surface area contributed by atoms with E-state index in [1.54, 1.807) is 0 Å². The Bertz CT molecular complexity index is 412. The summed E-state index contributed by atoms with van der Waals surface area (Å²) in [4.78, 5) is 0. The minimum atomic E-state index is -4.69. The zero-order chi connectivity index (χ0) is 12.2. The standard InChI is InChI=1S/C10H13F3O2S/c1-2-16(14,15)9(10(11,12)13)6-7-3-4-8(9)5-7/h2,7-8H,1,3-6H2. The Labute approximate surface area is 92.4 Å². The zero-order valence-electron chi connectivity index (χ0n) is 8.63. The van der Waals surface area contributed by atoms with Crippen molar-refractivity contribution in [2.45, 2.75) is 36.6 Å². The summed E-state index contributed by atoms with van der Waals surface area (Å²) in [5.41, 5.74) is 0. The third-order valence-corrected chi connectivity index (χ3v) is 6.19. The minimum Gasteiger partial charge on any atom is -0.223 e. The molecule has 6 heteroatoms. The van der Waals surface area contributed by atoms with Crippen LogP contribution in [0.3, 0.4) is 0 Å². The van der Waals surface area contributed by atoms with Gasteiger partial charge in [0, 0.05) is 5.41 Å². The molecule has 0 aromatic carbocycles. The second-order valence-corrected chi connectivity index (χ2v) is 6.83. The highest BCUT2D eigenvalue weighted by Crippen LogP contribution is 2.60. The second kappa shape index (κ2) is 3.24. The average molecular weight is 254 g/mol. The van der Waals surface area contributed by atoms with Crippen LogP contribution in [0.1, 0.15) is 25.7 Å². The van der Waals surface area contributed by atoms with Crippen LogP contribution in [-0.2, 0) is 9.84 Å². The predicted octanol–water partition coefficient (Wildman–Crippen LogP) is 2.67. The van der Waals surface area contributed by atoms with Crippen molar-refractivity contribution in [2.24, 2.45) is 11.8 Å². The van der Waals surface area contributed by atoms with Crippen molar-refractivity contribution in [3.8, 4) is 0 Å². The Kier molecular flexibility index (Phi) is 2.42. The van der Waals surface area contributed by atoms with Crippen molar-refractivity contribution in [3.05, 3.63) is 12.0 Å². The van der Waals surface area contributed by atoms with E-state index >= 15 is 0 Å². The van der Waals surface area contributed by atoms with Crippen molar-refractivity contribution in [1.29, 1.82) is 0 Å². The maximum absolute atomic E-state index is 13.1. The van der Waals surface area contributed by atoms with Crippen LogP contribution in [0.15, 0.2) is 12.0 Å². The summed E-state index contributed by atoms with van der Waals surface area (Å²) < 4.78 is 60.3. The molecule has 0 N–H and O–H groups in total. The van der Waals surface area contributed by atoms with Crippen LogP contribution >= 0.6 is 0 Å². The van der Waals surface area contributed by atoms with E-state index in [-0.39, 0.29) is 12.3 Å². The Hall–Kier alpha value is -0.520. The average Bonchev–Trinajstić information content (AvgIpc) is 2.75. The lowest BCUT2D eigenvalue weighted by molar-refractivity contribution is -0.172. The fourth-order valence-electron chi connectivity index (χ4n) is 3.29. The van der Waals surface area contributed by atoms with Crippen molar-refractivity contribution >= 4 is 9.84 Å². The van der Waals surface area contributed by atoms with Gasteiger partial charge in [0.2, 0.25) is 0 Å². The monoisotopic (exact) mass is 254 g/mol. The summed E-state index contributed by atoms with van der Waals surface area (Å²) >= 11 is 0. The Morgan fingerprint density at radius 1 is 1.31 bits per heavy atom. The van der Waals surface area contributed by atoms with Crippen LogP contribution in [0.4, 0.5) is 13.2 Å². The van der Waals surface area contributed by atoms with Crippen LogP contribution < -0.4 is 0 Å². The van der Waals surface area contributed by atoms with Gasteiger partial charge in [-0.3, -0.25) is 0 Å². The summed E-state index contributed by atoms with van der Waals surface area (Å²) in [7, 11) is -4.31. The summed E-state index contributed by atoms with van der Waals surface area (Å²) in [6, 6.07) is 0. The first-order chi connectivity index (χ1) is 7.24. The molecule has 0 radical (unpaired) electrons. The highest BCUT2D eigenvalue weighted by atomic mass is 32.2. The van der Waals surface area contributed by atoms with E-state index in [1.807, 2.05) is 0 Å². The Balaban J connectivity index is 2.56. The molecule has 0 aliphatic heterocycles. The Morgan fingerprint density at radius 2 is 1.94 bits per heavy atom. The van der Waals surface area contributed by atoms with Gasteiger partial charge in [0.25, 0.3) is 0 Å². The van der Waals surface area contributed by atoms with E-state index in [4.69, 9.17) is 0 Å². The van der Waals surface area contributed by atoms with Gasteiger partial charge in [0.05, 0.1) is 0 Å². The van der Waals surface area contributed by atoms with Gasteiger partial charge in [-0.05, 0) is 31.1 Å². The molecule has 2 aliphatic carbocycles. The largest absolute Gasteiger partial charge is 0.408 e. The molecule has 3 unspecified atom stereocenters. The quantitative estimate of drug-likeness (QED) is 0.759. The van der Waals surface area contributed by atoms with Gasteiger partial charge in [-0.15, -0.1) is 0 Å². The third-order valence-electron chi connectivity index (χ3n) is 4.00. The highest BCUT2D eigenvalue weighted by molar-refractivity contribution is 7.95. The molecular formula is C10H13F3O2S. The van der Waals surface area contributed by atoms with Crippen LogP contribution in [0.2, 0.25) is 0 Å². The van der Waals surface area contributed by atoms with Gasteiger partial charge in [-0.25, -0.2) is 8.42 Å². The zero-order valence-corrected chi connectivity index (χ0v) is 9.44. The predicted molar refractivity (Wildman–Crippen MR) is 53.4 cm³/mol. The molecule has 0 heterocycles. The highest BCUT2D eigenvalue weighted by Gasteiger charge is 2.71. The second-order valence-electron chi connectivity index (χ2n) is 4.68. The van der Waals surface area contributed by atoms with E-state index in [2.05, 4.69) is 6.58 Å². The molecule has 2 saturated carbocycles. The number of sulfone groups is 1. The van der Waals surface area contributed by atoms with Gasteiger partial charge in [0.1, 0.15) is 0 Å². The number of fused-ring (bicyclic) bond motifs is 2. The maximum Gasteiger partial charge on any atom is 0.408 e. The topological polar surface area (TPSA) is 34.1 Å². The number of hydrogen-bond donors (Lipinski definition) is 0. The van der Waals surface area contributed by atoms with Crippen LogP contribution in [0.5, 0.6) is 0 Å². The van der Waals surface area contributed by atoms with Gasteiger partial charge in [0.15, 0.2) is 14.6 Å². The lowest BCUT2D eigenvalue weighted by Crippen LogP contribution is -2.54. The molecule has 2 fully saturated rings. The molecular weight excluding hydrogens is 241 g/mol. The first-order valence-electron chi connectivity index (χ1n) is 5.18. The van der Waals surface area contributed by atoms with Crippen LogP contribution in [0, 0.1) is 11.8 Å². The van der Waals surface area contributed by atoms with Gasteiger partial charge < -0.3 is 0 Å². The normalized spacial score (nSPS) is 38.9. The molecule has 2 aliphatic rings. The number of rotatable bonds is 2. The molecule has 2 nitrogen and oxygen atoms in total. The molecule has 3 atom stereocenters. The lowest BCUT2D eigenvalue weighted by Gasteiger charge is -2.37. The Morgan fingerprint density at radius 3 is 2.25 bits per heavy atom. The van der Waals surface area contributed by atoms with E-state index in [0.29, 0.717) is 18.2 Å². The van der Waals surface area contributed by atoms with Crippen LogP contribution in [0.25, 0.3) is 0 Å². The van der Waals surface area contributed by atoms with E-state index in [9.17, 15) is 21.6 Å². The maximum atomic E-state index is 13.1. The summed E-state index contributed by atoms with van der Waals surface area (Å²) in [6.45, 7) is 3.03.